The molecule has 3 rings (SSSR count). The molecule has 0 aliphatic carbocycles. The number of likely N-dealkylation sites (tertiary alicyclic amines) is 1. The zero-order valence-electron chi connectivity index (χ0n) is 14.2. The zero-order chi connectivity index (χ0) is 18.1. The summed E-state index contributed by atoms with van der Waals surface area (Å²) in [5.74, 6) is -1.03. The molecule has 0 spiro atoms. The predicted octanol–water partition coefficient (Wildman–Crippen LogP) is 0.917. The number of carbonyl (C=O) groups is 3. The Morgan fingerprint density at radius 1 is 1.56 bits per heavy atom. The molecule has 2 amide bonds. The standard InChI is InChI=1S/C17H24N2O5S/c1-3-7-24-17(23)19-6-4-5-11(19)12-8-10(16(22)25-12)14-13(9(2)20)15(21)18-14/h3,9-14,20H,1,4-8H2,2H3,(H,18,21)/t9-,10?,11+,12?,13-,14-/m1/s1. The minimum absolute atomic E-state index is 0.00318. The fourth-order valence-electron chi connectivity index (χ4n) is 4.07. The van der Waals surface area contributed by atoms with Crippen LogP contribution in [0.4, 0.5) is 4.79 Å². The topological polar surface area (TPSA) is 95.9 Å². The molecular formula is C17H24N2O5S. The largest absolute Gasteiger partial charge is 0.445 e. The van der Waals surface area contributed by atoms with Gasteiger partial charge in [0.15, 0.2) is 5.12 Å². The number of rotatable bonds is 5. The van der Waals surface area contributed by atoms with Gasteiger partial charge in [-0.25, -0.2) is 4.79 Å². The average molecular weight is 368 g/mol. The van der Waals surface area contributed by atoms with Crippen molar-refractivity contribution in [2.45, 2.75) is 49.6 Å². The van der Waals surface area contributed by atoms with Gasteiger partial charge in [0.2, 0.25) is 5.91 Å². The van der Waals surface area contributed by atoms with Crippen LogP contribution in [0, 0.1) is 11.8 Å². The Balaban J connectivity index is 1.65. The molecule has 3 aliphatic heterocycles. The summed E-state index contributed by atoms with van der Waals surface area (Å²) >= 11 is 1.27. The Hall–Kier alpha value is -1.54. The molecule has 0 bridgehead atoms. The van der Waals surface area contributed by atoms with Crippen LogP contribution in [0.1, 0.15) is 26.2 Å². The number of β-lactam (4-membered cyclic amide) rings is 1. The van der Waals surface area contributed by atoms with Crippen LogP contribution in [-0.2, 0) is 14.3 Å². The summed E-state index contributed by atoms with van der Waals surface area (Å²) in [4.78, 5) is 38.0. The van der Waals surface area contributed by atoms with Crippen LogP contribution in [-0.4, -0.2) is 63.7 Å². The van der Waals surface area contributed by atoms with Gasteiger partial charge >= 0.3 is 6.09 Å². The van der Waals surface area contributed by atoms with Gasteiger partial charge in [0.1, 0.15) is 6.61 Å². The average Bonchev–Trinajstić information content (AvgIpc) is 3.16. The minimum atomic E-state index is -0.771. The normalized spacial score (nSPS) is 35.9. The van der Waals surface area contributed by atoms with Crippen molar-refractivity contribution in [1.29, 1.82) is 0 Å². The number of carbonyl (C=O) groups excluding carboxylic acids is 3. The fraction of sp³-hybridized carbons (Fsp3) is 0.706. The van der Waals surface area contributed by atoms with Gasteiger partial charge in [-0.05, 0) is 26.2 Å². The molecule has 0 aromatic heterocycles. The van der Waals surface area contributed by atoms with E-state index < -0.39 is 12.0 Å². The second-order valence-corrected chi connectivity index (χ2v) is 8.13. The Morgan fingerprint density at radius 2 is 2.32 bits per heavy atom. The maximum atomic E-state index is 12.5. The van der Waals surface area contributed by atoms with Crippen LogP contribution in [0.5, 0.6) is 0 Å². The predicted molar refractivity (Wildman–Crippen MR) is 92.9 cm³/mol. The molecule has 7 nitrogen and oxygen atoms in total. The third kappa shape index (κ3) is 3.42. The fourth-order valence-corrected chi connectivity index (χ4v) is 5.53. The highest BCUT2D eigenvalue weighted by Gasteiger charge is 2.53. The number of amides is 2. The van der Waals surface area contributed by atoms with Gasteiger partial charge in [-0.1, -0.05) is 24.4 Å². The van der Waals surface area contributed by atoms with Crippen LogP contribution in [0.15, 0.2) is 12.7 Å². The van der Waals surface area contributed by atoms with Crippen molar-refractivity contribution in [2.75, 3.05) is 13.2 Å². The van der Waals surface area contributed by atoms with E-state index in [1.807, 2.05) is 0 Å². The van der Waals surface area contributed by atoms with Gasteiger partial charge in [0.05, 0.1) is 24.0 Å². The van der Waals surface area contributed by atoms with Gasteiger partial charge in [-0.2, -0.15) is 0 Å². The molecule has 0 aromatic carbocycles. The van der Waals surface area contributed by atoms with E-state index in [-0.39, 0.29) is 47.0 Å². The van der Waals surface area contributed by atoms with Crippen LogP contribution in [0.2, 0.25) is 0 Å². The molecular weight excluding hydrogens is 344 g/mol. The number of ether oxygens (including phenoxy) is 1. The summed E-state index contributed by atoms with van der Waals surface area (Å²) < 4.78 is 5.15. The van der Waals surface area contributed by atoms with Crippen LogP contribution < -0.4 is 5.32 Å². The molecule has 6 atom stereocenters. The lowest BCUT2D eigenvalue weighted by Gasteiger charge is -2.41. The van der Waals surface area contributed by atoms with Crippen molar-refractivity contribution >= 4 is 28.9 Å². The van der Waals surface area contributed by atoms with Gasteiger partial charge < -0.3 is 20.1 Å². The molecule has 0 radical (unpaired) electrons. The Morgan fingerprint density at radius 3 is 2.96 bits per heavy atom. The Kier molecular flexibility index (Phi) is 5.38. The van der Waals surface area contributed by atoms with Crippen molar-refractivity contribution < 1.29 is 24.2 Å². The van der Waals surface area contributed by atoms with Gasteiger partial charge in [0.25, 0.3) is 0 Å². The third-order valence-electron chi connectivity index (χ3n) is 5.30. The van der Waals surface area contributed by atoms with E-state index >= 15 is 0 Å². The maximum Gasteiger partial charge on any atom is 0.410 e. The van der Waals surface area contributed by atoms with Crippen molar-refractivity contribution in [1.82, 2.24) is 10.2 Å². The Labute approximate surface area is 151 Å². The first-order chi connectivity index (χ1) is 11.9. The number of aliphatic hydroxyl groups excluding tert-OH is 1. The van der Waals surface area contributed by atoms with Crippen molar-refractivity contribution in [3.8, 4) is 0 Å². The van der Waals surface area contributed by atoms with Gasteiger partial charge in [-0.3, -0.25) is 9.59 Å². The second-order valence-electron chi connectivity index (χ2n) is 6.89. The van der Waals surface area contributed by atoms with Crippen molar-refractivity contribution in [3.05, 3.63) is 12.7 Å². The lowest BCUT2D eigenvalue weighted by molar-refractivity contribution is -0.143. The maximum absolute atomic E-state index is 12.5. The first-order valence-corrected chi connectivity index (χ1v) is 9.55. The summed E-state index contributed by atoms with van der Waals surface area (Å²) in [7, 11) is 0. The number of hydrogen-bond acceptors (Lipinski definition) is 6. The molecule has 3 aliphatic rings. The van der Waals surface area contributed by atoms with Crippen LogP contribution >= 0.6 is 11.8 Å². The number of nitrogens with zero attached hydrogens (tertiary/aromatic N) is 1. The number of hydrogen-bond donors (Lipinski definition) is 2. The van der Waals surface area contributed by atoms with Crippen molar-refractivity contribution in [2.24, 2.45) is 11.8 Å². The monoisotopic (exact) mass is 368 g/mol. The highest BCUT2D eigenvalue weighted by molar-refractivity contribution is 8.14. The van der Waals surface area contributed by atoms with Crippen LogP contribution in [0.25, 0.3) is 0 Å². The second kappa shape index (κ2) is 7.37. The minimum Gasteiger partial charge on any atom is -0.445 e. The van der Waals surface area contributed by atoms with E-state index in [1.54, 1.807) is 11.8 Å². The molecule has 2 unspecified atom stereocenters. The molecule has 25 heavy (non-hydrogen) atoms. The van der Waals surface area contributed by atoms with E-state index in [4.69, 9.17) is 4.74 Å². The molecule has 2 N–H and O–H groups in total. The Bertz CT molecular complexity index is 581. The third-order valence-corrected chi connectivity index (χ3v) is 6.64. The molecule has 3 fully saturated rings. The summed E-state index contributed by atoms with van der Waals surface area (Å²) in [6.07, 6.45) is 2.73. The molecule has 3 saturated heterocycles. The first kappa shape index (κ1) is 18.3. The quantitative estimate of drug-likeness (QED) is 0.553. The summed E-state index contributed by atoms with van der Waals surface area (Å²) in [6, 6.07) is -0.336. The van der Waals surface area contributed by atoms with Crippen molar-refractivity contribution in [3.63, 3.8) is 0 Å². The highest BCUT2D eigenvalue weighted by atomic mass is 32.2. The smallest absolute Gasteiger partial charge is 0.410 e. The summed E-state index contributed by atoms with van der Waals surface area (Å²) in [6.45, 7) is 5.92. The molecule has 3 heterocycles. The number of thioether (sulfide) groups is 1. The molecule has 0 saturated carbocycles. The lowest BCUT2D eigenvalue weighted by atomic mass is 9.76. The van der Waals surface area contributed by atoms with E-state index in [2.05, 4.69) is 11.9 Å². The van der Waals surface area contributed by atoms with E-state index in [0.29, 0.717) is 13.0 Å². The van der Waals surface area contributed by atoms with Crippen LogP contribution in [0.3, 0.4) is 0 Å². The number of aliphatic hydroxyl groups is 1. The summed E-state index contributed by atoms with van der Waals surface area (Å²) in [5.41, 5.74) is 0. The number of nitrogens with one attached hydrogen (secondary N) is 1. The van der Waals surface area contributed by atoms with E-state index in [0.717, 1.165) is 12.8 Å². The van der Waals surface area contributed by atoms with E-state index in [1.165, 1.54) is 17.8 Å². The van der Waals surface area contributed by atoms with Gasteiger partial charge in [0, 0.05) is 17.8 Å². The molecule has 138 valence electrons. The molecule has 8 heteroatoms. The highest BCUT2D eigenvalue weighted by Crippen LogP contribution is 2.44. The van der Waals surface area contributed by atoms with Gasteiger partial charge in [-0.15, -0.1) is 0 Å². The zero-order valence-corrected chi connectivity index (χ0v) is 15.0. The molecule has 0 aromatic rings. The SMILES string of the molecule is C=CCOC(=O)N1CCC[C@H]1C1CC([C@H]2NC(=O)[C@@H]2[C@@H](C)O)C(=O)S1. The lowest BCUT2D eigenvalue weighted by Crippen LogP contribution is -2.65. The first-order valence-electron chi connectivity index (χ1n) is 8.67. The summed E-state index contributed by atoms with van der Waals surface area (Å²) in [5, 5.41) is 12.6. The van der Waals surface area contributed by atoms with E-state index in [9.17, 15) is 19.5 Å².